The second kappa shape index (κ2) is 9.46. The Morgan fingerprint density at radius 3 is 2.85 bits per heavy atom. The zero-order valence-electron chi connectivity index (χ0n) is 18.2. The van der Waals surface area contributed by atoms with Gasteiger partial charge in [-0.15, -0.1) is 0 Å². The van der Waals surface area contributed by atoms with Gasteiger partial charge >= 0.3 is 5.69 Å². The third-order valence-corrected chi connectivity index (χ3v) is 5.81. The number of aromatic nitrogens is 2. The SMILES string of the molecule is O=C(COc1ccc2c(c1)CCn1c-2cc(OCC2CCCO2)nc1=O)Nc1ccccc1. The molecule has 5 rings (SSSR count). The summed E-state index contributed by atoms with van der Waals surface area (Å²) >= 11 is 0. The topological polar surface area (TPSA) is 91.7 Å². The number of para-hydroxylation sites is 1. The van der Waals surface area contributed by atoms with Gasteiger partial charge in [0, 0.05) is 30.5 Å². The molecule has 0 spiro atoms. The molecule has 3 aromatic rings. The summed E-state index contributed by atoms with van der Waals surface area (Å²) in [5.41, 5.74) is 3.16. The molecule has 3 heterocycles. The van der Waals surface area contributed by atoms with Gasteiger partial charge in [0.15, 0.2) is 6.61 Å². The molecule has 170 valence electrons. The van der Waals surface area contributed by atoms with Gasteiger partial charge in [0.2, 0.25) is 5.88 Å². The molecule has 2 aliphatic heterocycles. The van der Waals surface area contributed by atoms with E-state index in [1.54, 1.807) is 4.57 Å². The quantitative estimate of drug-likeness (QED) is 0.599. The Bertz CT molecular complexity index is 1200. The van der Waals surface area contributed by atoms with Crippen molar-refractivity contribution in [3.63, 3.8) is 0 Å². The Morgan fingerprint density at radius 2 is 2.03 bits per heavy atom. The van der Waals surface area contributed by atoms with E-state index in [9.17, 15) is 9.59 Å². The first kappa shape index (κ1) is 21.2. The van der Waals surface area contributed by atoms with Gasteiger partial charge in [-0.05, 0) is 55.2 Å². The van der Waals surface area contributed by atoms with Gasteiger partial charge in [0.05, 0.1) is 11.8 Å². The number of aryl methyl sites for hydroxylation is 1. The number of rotatable bonds is 7. The van der Waals surface area contributed by atoms with Gasteiger partial charge < -0.3 is 19.5 Å². The highest BCUT2D eigenvalue weighted by atomic mass is 16.5. The molecule has 0 bridgehead atoms. The van der Waals surface area contributed by atoms with Crippen LogP contribution in [0.25, 0.3) is 11.3 Å². The van der Waals surface area contributed by atoms with Crippen molar-refractivity contribution >= 4 is 11.6 Å². The van der Waals surface area contributed by atoms with E-state index < -0.39 is 0 Å². The number of hydrogen-bond donors (Lipinski definition) is 1. The van der Waals surface area contributed by atoms with Crippen molar-refractivity contribution in [2.24, 2.45) is 0 Å². The predicted octanol–water partition coefficient (Wildman–Crippen LogP) is 3.04. The molecule has 8 nitrogen and oxygen atoms in total. The zero-order valence-corrected chi connectivity index (χ0v) is 18.2. The van der Waals surface area contributed by atoms with E-state index in [0.29, 0.717) is 31.2 Å². The summed E-state index contributed by atoms with van der Waals surface area (Å²) in [5.74, 6) is 0.694. The summed E-state index contributed by atoms with van der Waals surface area (Å²) in [5, 5.41) is 2.80. The van der Waals surface area contributed by atoms with Crippen LogP contribution in [0.1, 0.15) is 18.4 Å². The summed E-state index contributed by atoms with van der Waals surface area (Å²) in [6.45, 7) is 1.58. The second-order valence-corrected chi connectivity index (χ2v) is 8.13. The monoisotopic (exact) mass is 447 g/mol. The van der Waals surface area contributed by atoms with Crippen molar-refractivity contribution in [3.05, 3.63) is 70.6 Å². The van der Waals surface area contributed by atoms with E-state index in [4.69, 9.17) is 14.2 Å². The van der Waals surface area contributed by atoms with Gasteiger partial charge in [-0.25, -0.2) is 4.79 Å². The van der Waals surface area contributed by atoms with E-state index in [1.807, 2.05) is 54.6 Å². The van der Waals surface area contributed by atoms with Crippen LogP contribution in [-0.2, 0) is 22.5 Å². The minimum absolute atomic E-state index is 0.0525. The summed E-state index contributed by atoms with van der Waals surface area (Å²) < 4.78 is 18.7. The van der Waals surface area contributed by atoms with Crippen LogP contribution in [0.2, 0.25) is 0 Å². The van der Waals surface area contributed by atoms with Gasteiger partial charge in [0.25, 0.3) is 5.91 Å². The first-order chi connectivity index (χ1) is 16.2. The van der Waals surface area contributed by atoms with Crippen LogP contribution in [-0.4, -0.2) is 41.4 Å². The molecular weight excluding hydrogens is 422 g/mol. The average Bonchev–Trinajstić information content (AvgIpc) is 3.35. The molecule has 1 fully saturated rings. The van der Waals surface area contributed by atoms with Gasteiger partial charge in [-0.1, -0.05) is 18.2 Å². The van der Waals surface area contributed by atoms with Gasteiger partial charge in [0.1, 0.15) is 12.4 Å². The third kappa shape index (κ3) is 4.90. The van der Waals surface area contributed by atoms with E-state index in [0.717, 1.165) is 42.0 Å². The molecule has 1 N–H and O–H groups in total. The fourth-order valence-corrected chi connectivity index (χ4v) is 4.17. The van der Waals surface area contributed by atoms with Crippen LogP contribution in [0.4, 0.5) is 5.69 Å². The molecule has 1 saturated heterocycles. The third-order valence-electron chi connectivity index (χ3n) is 5.81. The Balaban J connectivity index is 1.28. The molecule has 1 unspecified atom stereocenters. The van der Waals surface area contributed by atoms with E-state index in [1.165, 1.54) is 0 Å². The first-order valence-electron chi connectivity index (χ1n) is 11.1. The molecule has 1 aromatic heterocycles. The Hall–Kier alpha value is -3.65. The number of nitrogens with zero attached hydrogens (tertiary/aromatic N) is 2. The second-order valence-electron chi connectivity index (χ2n) is 8.13. The number of amides is 1. The van der Waals surface area contributed by atoms with Crippen molar-refractivity contribution in [2.75, 3.05) is 25.1 Å². The van der Waals surface area contributed by atoms with Crippen LogP contribution >= 0.6 is 0 Å². The van der Waals surface area contributed by atoms with E-state index in [-0.39, 0.29) is 24.3 Å². The number of anilines is 1. The molecule has 33 heavy (non-hydrogen) atoms. The van der Waals surface area contributed by atoms with Crippen molar-refractivity contribution in [2.45, 2.75) is 31.9 Å². The van der Waals surface area contributed by atoms with Crippen LogP contribution in [0.3, 0.4) is 0 Å². The molecule has 8 heteroatoms. The van der Waals surface area contributed by atoms with Crippen LogP contribution in [0.15, 0.2) is 59.4 Å². The average molecular weight is 447 g/mol. The number of ether oxygens (including phenoxy) is 3. The lowest BCUT2D eigenvalue weighted by molar-refractivity contribution is -0.118. The summed E-state index contributed by atoms with van der Waals surface area (Å²) in [6, 6.07) is 16.7. The van der Waals surface area contributed by atoms with Crippen molar-refractivity contribution in [1.29, 1.82) is 0 Å². The van der Waals surface area contributed by atoms with E-state index >= 15 is 0 Å². The maximum atomic E-state index is 12.6. The lowest BCUT2D eigenvalue weighted by Crippen LogP contribution is -2.29. The number of nitrogens with one attached hydrogen (secondary N) is 1. The molecule has 2 aliphatic rings. The van der Waals surface area contributed by atoms with Crippen LogP contribution in [0.5, 0.6) is 11.6 Å². The minimum atomic E-state index is -0.321. The Morgan fingerprint density at radius 1 is 1.15 bits per heavy atom. The van der Waals surface area contributed by atoms with Crippen molar-refractivity contribution in [1.82, 2.24) is 9.55 Å². The number of carbonyl (C=O) groups is 1. The standard InChI is InChI=1S/C25H25N3O5/c29-23(26-18-5-2-1-3-6-18)16-32-19-8-9-21-17(13-19)10-11-28-22(21)14-24(27-25(28)30)33-15-20-7-4-12-31-20/h1-3,5-6,8-9,13-14,20H,4,7,10-12,15-16H2,(H,26,29). The fraction of sp³-hybridized carbons (Fsp3) is 0.320. The highest BCUT2D eigenvalue weighted by Crippen LogP contribution is 2.32. The lowest BCUT2D eigenvalue weighted by Gasteiger charge is -2.22. The lowest BCUT2D eigenvalue weighted by atomic mass is 9.97. The fourth-order valence-electron chi connectivity index (χ4n) is 4.17. The zero-order chi connectivity index (χ0) is 22.6. The molecule has 1 amide bonds. The number of fused-ring (bicyclic) bond motifs is 3. The Labute approximate surface area is 191 Å². The van der Waals surface area contributed by atoms with Crippen LogP contribution < -0.4 is 20.5 Å². The highest BCUT2D eigenvalue weighted by molar-refractivity contribution is 5.91. The van der Waals surface area contributed by atoms with Crippen molar-refractivity contribution < 1.29 is 19.0 Å². The van der Waals surface area contributed by atoms with Crippen molar-refractivity contribution in [3.8, 4) is 22.9 Å². The number of benzene rings is 2. The molecule has 1 atom stereocenters. The largest absolute Gasteiger partial charge is 0.484 e. The number of carbonyl (C=O) groups excluding carboxylic acids is 1. The summed E-state index contributed by atoms with van der Waals surface area (Å²) in [7, 11) is 0. The minimum Gasteiger partial charge on any atom is -0.484 e. The molecule has 0 saturated carbocycles. The number of hydrogen-bond acceptors (Lipinski definition) is 6. The van der Waals surface area contributed by atoms with Crippen LogP contribution in [0, 0.1) is 0 Å². The maximum Gasteiger partial charge on any atom is 0.351 e. The van der Waals surface area contributed by atoms with Gasteiger partial charge in [-0.3, -0.25) is 9.36 Å². The van der Waals surface area contributed by atoms with E-state index in [2.05, 4.69) is 10.3 Å². The predicted molar refractivity (Wildman–Crippen MR) is 123 cm³/mol. The Kier molecular flexibility index (Phi) is 6.08. The highest BCUT2D eigenvalue weighted by Gasteiger charge is 2.21. The maximum absolute atomic E-state index is 12.6. The first-order valence-corrected chi connectivity index (χ1v) is 11.1. The molecule has 0 aliphatic carbocycles. The normalized spacial score (nSPS) is 16.5. The summed E-state index contributed by atoms with van der Waals surface area (Å²) in [4.78, 5) is 28.8. The summed E-state index contributed by atoms with van der Waals surface area (Å²) in [6.07, 6.45) is 2.71. The smallest absolute Gasteiger partial charge is 0.351 e. The molecule has 0 radical (unpaired) electrons. The van der Waals surface area contributed by atoms with Gasteiger partial charge in [-0.2, -0.15) is 4.98 Å². The molecule has 2 aromatic carbocycles. The molecular formula is C25H25N3O5.